The summed E-state index contributed by atoms with van der Waals surface area (Å²) in [5, 5.41) is 2.59. The molecule has 0 fully saturated rings. The van der Waals surface area contributed by atoms with Gasteiger partial charge in [-0.25, -0.2) is 4.79 Å². The number of likely N-dealkylation sites (N-methyl/N-ethyl adjacent to an activating group) is 1. The summed E-state index contributed by atoms with van der Waals surface area (Å²) in [4.78, 5) is 37.6. The molecule has 1 aliphatic heterocycles. The number of hydrogen-bond donors (Lipinski definition) is 1. The highest BCUT2D eigenvalue weighted by molar-refractivity contribution is 5.99. The van der Waals surface area contributed by atoms with E-state index in [1.54, 1.807) is 32.3 Å². The summed E-state index contributed by atoms with van der Waals surface area (Å²) in [7, 11) is 3.26. The van der Waals surface area contributed by atoms with Crippen molar-refractivity contribution in [2.24, 2.45) is 0 Å². The van der Waals surface area contributed by atoms with E-state index >= 15 is 0 Å². The van der Waals surface area contributed by atoms with E-state index in [0.29, 0.717) is 17.5 Å². The number of cyclic esters (lactones) is 1. The van der Waals surface area contributed by atoms with Crippen molar-refractivity contribution in [1.82, 2.24) is 10.2 Å². The van der Waals surface area contributed by atoms with E-state index in [4.69, 9.17) is 4.74 Å². The third kappa shape index (κ3) is 3.74. The minimum absolute atomic E-state index is 0.0718. The number of amides is 2. The van der Waals surface area contributed by atoms with Crippen molar-refractivity contribution in [3.05, 3.63) is 70.8 Å². The fourth-order valence-corrected chi connectivity index (χ4v) is 2.81. The van der Waals surface area contributed by atoms with E-state index in [0.717, 1.165) is 11.1 Å². The monoisotopic (exact) mass is 352 g/mol. The maximum Gasteiger partial charge on any atom is 0.339 e. The van der Waals surface area contributed by atoms with Crippen molar-refractivity contribution < 1.29 is 19.1 Å². The summed E-state index contributed by atoms with van der Waals surface area (Å²) >= 11 is 0. The third-order valence-corrected chi connectivity index (χ3v) is 4.31. The fourth-order valence-electron chi connectivity index (χ4n) is 2.81. The number of nitrogens with zero attached hydrogens (tertiary/aromatic N) is 1. The zero-order valence-electron chi connectivity index (χ0n) is 14.7. The molecule has 0 saturated heterocycles. The predicted octanol–water partition coefficient (Wildman–Crippen LogP) is 1.96. The van der Waals surface area contributed by atoms with Crippen LogP contribution in [0.15, 0.2) is 48.5 Å². The smallest absolute Gasteiger partial charge is 0.339 e. The quantitative estimate of drug-likeness (QED) is 0.854. The lowest BCUT2D eigenvalue weighted by Gasteiger charge is -2.25. The number of carbonyl (C=O) groups is 3. The average molecular weight is 352 g/mol. The van der Waals surface area contributed by atoms with Crippen molar-refractivity contribution in [3.63, 3.8) is 0 Å². The van der Waals surface area contributed by atoms with Crippen LogP contribution >= 0.6 is 0 Å². The highest BCUT2D eigenvalue weighted by Gasteiger charge is 2.28. The molecular weight excluding hydrogens is 332 g/mol. The Morgan fingerprint density at radius 1 is 1.15 bits per heavy atom. The summed E-state index contributed by atoms with van der Waals surface area (Å²) < 4.78 is 5.51. The molecule has 1 aliphatic rings. The molecule has 134 valence electrons. The first kappa shape index (κ1) is 17.7. The van der Waals surface area contributed by atoms with Crippen LogP contribution in [-0.2, 0) is 16.0 Å². The second kappa shape index (κ2) is 7.39. The number of rotatable bonds is 4. The van der Waals surface area contributed by atoms with Gasteiger partial charge in [-0.3, -0.25) is 9.59 Å². The van der Waals surface area contributed by atoms with Crippen LogP contribution in [0.2, 0.25) is 0 Å². The molecule has 2 aromatic rings. The van der Waals surface area contributed by atoms with Gasteiger partial charge in [-0.05, 0) is 29.3 Å². The van der Waals surface area contributed by atoms with Gasteiger partial charge in [-0.1, -0.05) is 30.3 Å². The Kier molecular flexibility index (Phi) is 5.02. The number of fused-ring (bicyclic) bond motifs is 1. The van der Waals surface area contributed by atoms with Crippen molar-refractivity contribution in [2.45, 2.75) is 12.5 Å². The van der Waals surface area contributed by atoms with Gasteiger partial charge in [0.15, 0.2) is 0 Å². The molecule has 26 heavy (non-hydrogen) atoms. The molecule has 0 unspecified atom stereocenters. The van der Waals surface area contributed by atoms with E-state index in [1.165, 1.54) is 4.90 Å². The van der Waals surface area contributed by atoms with E-state index < -0.39 is 5.97 Å². The zero-order chi connectivity index (χ0) is 18.7. The molecule has 0 spiro atoms. The Hall–Kier alpha value is -3.15. The Bertz CT molecular complexity index is 846. The van der Waals surface area contributed by atoms with Crippen LogP contribution in [0.3, 0.4) is 0 Å². The summed E-state index contributed by atoms with van der Waals surface area (Å²) in [6, 6.07) is 14.4. The van der Waals surface area contributed by atoms with Gasteiger partial charge >= 0.3 is 5.97 Å². The van der Waals surface area contributed by atoms with Crippen molar-refractivity contribution in [3.8, 4) is 0 Å². The average Bonchev–Trinajstić information content (AvgIpc) is 2.65. The first-order valence-corrected chi connectivity index (χ1v) is 8.33. The van der Waals surface area contributed by atoms with E-state index in [1.807, 2.05) is 30.3 Å². The summed E-state index contributed by atoms with van der Waals surface area (Å²) in [6.45, 7) is -0.0718. The molecule has 0 bridgehead atoms. The van der Waals surface area contributed by atoms with Crippen molar-refractivity contribution >= 4 is 17.8 Å². The van der Waals surface area contributed by atoms with Crippen LogP contribution in [0, 0.1) is 0 Å². The van der Waals surface area contributed by atoms with Crippen LogP contribution in [0.25, 0.3) is 0 Å². The Labute approximate surface area is 151 Å². The van der Waals surface area contributed by atoms with Gasteiger partial charge in [-0.2, -0.15) is 0 Å². The Morgan fingerprint density at radius 3 is 2.58 bits per heavy atom. The minimum atomic E-state index is -0.394. The van der Waals surface area contributed by atoms with Crippen LogP contribution in [0.5, 0.6) is 0 Å². The van der Waals surface area contributed by atoms with Gasteiger partial charge in [0.25, 0.3) is 5.91 Å². The van der Waals surface area contributed by atoms with Crippen LogP contribution in [-0.4, -0.2) is 43.3 Å². The molecule has 1 N–H and O–H groups in total. The van der Waals surface area contributed by atoms with E-state index in [-0.39, 0.29) is 24.5 Å². The molecule has 6 heteroatoms. The first-order chi connectivity index (χ1) is 12.5. The minimum Gasteiger partial charge on any atom is -0.454 e. The number of carbonyl (C=O) groups excluding carboxylic acids is 3. The van der Waals surface area contributed by atoms with Gasteiger partial charge in [0.05, 0.1) is 12.1 Å². The number of esters is 1. The van der Waals surface area contributed by atoms with Gasteiger partial charge in [0.1, 0.15) is 6.10 Å². The molecule has 0 aromatic heterocycles. The molecular formula is C20H20N2O4. The van der Waals surface area contributed by atoms with Gasteiger partial charge in [0.2, 0.25) is 5.91 Å². The normalized spacial score (nSPS) is 15.6. The van der Waals surface area contributed by atoms with Crippen LogP contribution < -0.4 is 5.32 Å². The lowest BCUT2D eigenvalue weighted by molar-refractivity contribution is -0.127. The second-order valence-corrected chi connectivity index (χ2v) is 6.35. The summed E-state index contributed by atoms with van der Waals surface area (Å²) in [6.07, 6.45) is 0.132. The fraction of sp³-hybridized carbons (Fsp3) is 0.250. The molecule has 0 saturated carbocycles. The number of hydrogen-bond acceptors (Lipinski definition) is 4. The lowest BCUT2D eigenvalue weighted by atomic mass is 9.93. The number of benzene rings is 2. The van der Waals surface area contributed by atoms with Gasteiger partial charge in [0, 0.05) is 26.1 Å². The molecule has 2 aromatic carbocycles. The Balaban J connectivity index is 1.78. The van der Waals surface area contributed by atoms with Gasteiger partial charge < -0.3 is 15.0 Å². The lowest BCUT2D eigenvalue weighted by Crippen LogP contribution is -2.36. The molecule has 0 aliphatic carbocycles. The molecule has 1 heterocycles. The zero-order valence-corrected chi connectivity index (χ0v) is 14.7. The molecule has 1 atom stereocenters. The number of ether oxygens (including phenoxy) is 1. The van der Waals surface area contributed by atoms with Crippen molar-refractivity contribution in [2.75, 3.05) is 20.6 Å². The summed E-state index contributed by atoms with van der Waals surface area (Å²) in [5.74, 6) is -0.933. The second-order valence-electron chi connectivity index (χ2n) is 6.35. The highest BCUT2D eigenvalue weighted by Crippen LogP contribution is 2.30. The number of nitrogens with one attached hydrogen (secondary N) is 1. The first-order valence-electron chi connectivity index (χ1n) is 8.33. The Morgan fingerprint density at radius 2 is 1.88 bits per heavy atom. The van der Waals surface area contributed by atoms with E-state index in [2.05, 4.69) is 5.32 Å². The molecule has 2 amide bonds. The SMILES string of the molecule is CN(C)C(=O)CNC(=O)c1ccc2c(c1)C[C@@H](c1ccccc1)OC2=O. The maximum absolute atomic E-state index is 12.3. The summed E-state index contributed by atoms with van der Waals surface area (Å²) in [5.41, 5.74) is 2.56. The molecule has 6 nitrogen and oxygen atoms in total. The van der Waals surface area contributed by atoms with Crippen LogP contribution in [0.1, 0.15) is 37.9 Å². The highest BCUT2D eigenvalue weighted by atomic mass is 16.5. The third-order valence-electron chi connectivity index (χ3n) is 4.31. The maximum atomic E-state index is 12.3. The largest absolute Gasteiger partial charge is 0.454 e. The molecule has 3 rings (SSSR count). The standard InChI is InChI=1S/C20H20N2O4/c1-22(2)18(23)12-21-19(24)14-8-9-16-15(10-14)11-17(26-20(16)25)13-6-4-3-5-7-13/h3-10,17H,11-12H2,1-2H3,(H,21,24)/t17-/m0/s1. The van der Waals surface area contributed by atoms with Gasteiger partial charge in [-0.15, -0.1) is 0 Å². The topological polar surface area (TPSA) is 75.7 Å². The van der Waals surface area contributed by atoms with E-state index in [9.17, 15) is 14.4 Å². The predicted molar refractivity (Wildman–Crippen MR) is 95.8 cm³/mol. The molecule has 0 radical (unpaired) electrons. The van der Waals surface area contributed by atoms with Crippen LogP contribution in [0.4, 0.5) is 0 Å². The van der Waals surface area contributed by atoms with Crippen molar-refractivity contribution in [1.29, 1.82) is 0 Å².